The van der Waals surface area contributed by atoms with Crippen LogP contribution in [-0.4, -0.2) is 35.2 Å². The zero-order valence-corrected chi connectivity index (χ0v) is 10.9. The third kappa shape index (κ3) is 4.31. The number of carbonyl (C=O) groups is 2. The molecule has 1 aromatic rings. The molecule has 0 saturated carbocycles. The van der Waals surface area contributed by atoms with E-state index in [-0.39, 0.29) is 18.7 Å². The van der Waals surface area contributed by atoms with Crippen molar-refractivity contribution in [2.45, 2.75) is 19.3 Å². The Kier molecular flexibility index (Phi) is 4.60. The smallest absolute Gasteiger partial charge is 0.317 e. The molecule has 0 spiro atoms. The number of carbonyl (C=O) groups excluding carboxylic acids is 2. The zero-order valence-electron chi connectivity index (χ0n) is 10.9. The molecule has 0 aliphatic carbocycles. The number of rotatable bonds is 5. The summed E-state index contributed by atoms with van der Waals surface area (Å²) >= 11 is 0. The Morgan fingerprint density at radius 1 is 1.25 bits per heavy atom. The van der Waals surface area contributed by atoms with Gasteiger partial charge in [-0.05, 0) is 12.0 Å². The number of aliphatic hydroxyl groups excluding tert-OH is 1. The van der Waals surface area contributed by atoms with E-state index in [1.54, 1.807) is 0 Å². The van der Waals surface area contributed by atoms with Gasteiger partial charge in [-0.2, -0.15) is 4.99 Å². The van der Waals surface area contributed by atoms with Gasteiger partial charge < -0.3 is 10.4 Å². The van der Waals surface area contributed by atoms with Crippen LogP contribution in [-0.2, 0) is 16.0 Å². The number of nitrogens with one attached hydrogen (secondary N) is 1. The third-order valence-electron chi connectivity index (χ3n) is 2.78. The molecule has 0 fully saturated rings. The SMILES string of the molecule is O=C1CC(CC(=O)NCCc2ccccc2)=NC(O)=N1. The summed E-state index contributed by atoms with van der Waals surface area (Å²) in [6.07, 6.45) is 0.723. The molecule has 2 N–H and O–H groups in total. The van der Waals surface area contributed by atoms with Crippen molar-refractivity contribution in [1.82, 2.24) is 5.32 Å². The number of benzene rings is 1. The largest absolute Gasteiger partial charge is 0.479 e. The molecule has 0 saturated heterocycles. The van der Waals surface area contributed by atoms with Gasteiger partial charge in [0, 0.05) is 12.3 Å². The summed E-state index contributed by atoms with van der Waals surface area (Å²) in [7, 11) is 0. The van der Waals surface area contributed by atoms with E-state index in [1.165, 1.54) is 0 Å². The third-order valence-corrected chi connectivity index (χ3v) is 2.78. The average Bonchev–Trinajstić information content (AvgIpc) is 2.38. The van der Waals surface area contributed by atoms with Crippen LogP contribution in [0.4, 0.5) is 0 Å². The number of aliphatic hydroxyl groups is 1. The summed E-state index contributed by atoms with van der Waals surface area (Å²) in [5.41, 5.74) is 1.47. The molecule has 0 bridgehead atoms. The van der Waals surface area contributed by atoms with Gasteiger partial charge in [-0.3, -0.25) is 9.59 Å². The highest BCUT2D eigenvalue weighted by Crippen LogP contribution is 2.03. The van der Waals surface area contributed by atoms with Crippen molar-refractivity contribution in [3.05, 3.63) is 35.9 Å². The first-order valence-corrected chi connectivity index (χ1v) is 6.31. The highest BCUT2D eigenvalue weighted by molar-refractivity contribution is 6.16. The van der Waals surface area contributed by atoms with Crippen LogP contribution >= 0.6 is 0 Å². The number of hydrogen-bond donors (Lipinski definition) is 2. The Morgan fingerprint density at radius 3 is 2.70 bits per heavy atom. The molecular formula is C14H15N3O3. The summed E-state index contributed by atoms with van der Waals surface area (Å²) in [6, 6.07) is 9.24. The van der Waals surface area contributed by atoms with E-state index in [0.717, 1.165) is 12.0 Å². The molecule has 6 heteroatoms. The van der Waals surface area contributed by atoms with Crippen molar-refractivity contribution in [3.63, 3.8) is 0 Å². The van der Waals surface area contributed by atoms with Crippen molar-refractivity contribution >= 4 is 23.5 Å². The topological polar surface area (TPSA) is 91.1 Å². The van der Waals surface area contributed by atoms with Crippen LogP contribution in [0.3, 0.4) is 0 Å². The number of nitrogens with zero attached hydrogens (tertiary/aromatic N) is 2. The van der Waals surface area contributed by atoms with E-state index in [1.807, 2.05) is 30.3 Å². The Balaban J connectivity index is 1.76. The Morgan fingerprint density at radius 2 is 2.00 bits per heavy atom. The predicted molar refractivity (Wildman–Crippen MR) is 74.9 cm³/mol. The van der Waals surface area contributed by atoms with Gasteiger partial charge in [0.25, 0.3) is 5.91 Å². The van der Waals surface area contributed by atoms with E-state index in [0.29, 0.717) is 12.3 Å². The number of aliphatic imine (C=N–C) groups is 2. The number of amidine groups is 1. The van der Waals surface area contributed by atoms with E-state index >= 15 is 0 Å². The lowest BCUT2D eigenvalue weighted by atomic mass is 10.1. The normalized spacial score (nSPS) is 14.5. The van der Waals surface area contributed by atoms with E-state index in [4.69, 9.17) is 5.11 Å². The number of amides is 2. The molecule has 1 aliphatic heterocycles. The molecule has 1 heterocycles. The van der Waals surface area contributed by atoms with Gasteiger partial charge in [0.1, 0.15) is 0 Å². The molecule has 0 radical (unpaired) electrons. The molecule has 1 aliphatic rings. The standard InChI is InChI=1S/C14H15N3O3/c18-12(8-11-9-13(19)17-14(20)16-11)15-7-6-10-4-2-1-3-5-10/h1-5H,6-9H2,(H,15,18)(H,17,19,20). The maximum Gasteiger partial charge on any atom is 0.317 e. The lowest BCUT2D eigenvalue weighted by Crippen LogP contribution is -2.29. The molecule has 1 aromatic carbocycles. The first-order valence-electron chi connectivity index (χ1n) is 6.31. The van der Waals surface area contributed by atoms with Gasteiger partial charge in [0.2, 0.25) is 5.91 Å². The fraction of sp³-hybridized carbons (Fsp3) is 0.286. The quantitative estimate of drug-likeness (QED) is 0.839. The Bertz CT molecular complexity index is 564. The highest BCUT2D eigenvalue weighted by atomic mass is 16.3. The maximum absolute atomic E-state index is 11.7. The van der Waals surface area contributed by atoms with Gasteiger partial charge in [-0.25, -0.2) is 4.99 Å². The molecular weight excluding hydrogens is 258 g/mol. The first-order chi connectivity index (χ1) is 9.63. The molecule has 0 atom stereocenters. The molecule has 2 amide bonds. The van der Waals surface area contributed by atoms with Crippen LogP contribution < -0.4 is 5.32 Å². The van der Waals surface area contributed by atoms with E-state index in [9.17, 15) is 9.59 Å². The molecule has 104 valence electrons. The lowest BCUT2D eigenvalue weighted by molar-refractivity contribution is -0.119. The van der Waals surface area contributed by atoms with Crippen molar-refractivity contribution < 1.29 is 14.7 Å². The van der Waals surface area contributed by atoms with E-state index in [2.05, 4.69) is 15.3 Å². The summed E-state index contributed by atoms with van der Waals surface area (Å²) in [4.78, 5) is 29.7. The Labute approximate surface area is 116 Å². The highest BCUT2D eigenvalue weighted by Gasteiger charge is 2.17. The first kappa shape index (κ1) is 13.9. The van der Waals surface area contributed by atoms with Crippen LogP contribution in [0.2, 0.25) is 0 Å². The molecule has 0 aromatic heterocycles. The van der Waals surface area contributed by atoms with Gasteiger partial charge in [0.05, 0.1) is 12.8 Å². The van der Waals surface area contributed by atoms with Crippen molar-refractivity contribution in [2.24, 2.45) is 9.98 Å². The van der Waals surface area contributed by atoms with Crippen molar-refractivity contribution in [3.8, 4) is 0 Å². The van der Waals surface area contributed by atoms with Gasteiger partial charge in [0.15, 0.2) is 0 Å². The number of hydrogen-bond acceptors (Lipinski definition) is 3. The van der Waals surface area contributed by atoms with E-state index < -0.39 is 11.9 Å². The van der Waals surface area contributed by atoms with Crippen LogP contribution in [0.15, 0.2) is 40.3 Å². The summed E-state index contributed by atoms with van der Waals surface area (Å²) < 4.78 is 0. The maximum atomic E-state index is 11.7. The van der Waals surface area contributed by atoms with Crippen LogP contribution in [0, 0.1) is 0 Å². The fourth-order valence-electron chi connectivity index (χ4n) is 1.87. The fourth-order valence-corrected chi connectivity index (χ4v) is 1.87. The van der Waals surface area contributed by atoms with Crippen molar-refractivity contribution in [2.75, 3.05) is 6.54 Å². The van der Waals surface area contributed by atoms with Gasteiger partial charge in [-0.1, -0.05) is 30.3 Å². The summed E-state index contributed by atoms with van der Waals surface area (Å²) in [5, 5.41) is 11.9. The van der Waals surface area contributed by atoms with Crippen LogP contribution in [0.1, 0.15) is 18.4 Å². The predicted octanol–water partition coefficient (Wildman–Crippen LogP) is 1.02. The minimum Gasteiger partial charge on any atom is -0.479 e. The molecule has 0 unspecified atom stereocenters. The lowest BCUT2D eigenvalue weighted by Gasteiger charge is -2.09. The van der Waals surface area contributed by atoms with Crippen LogP contribution in [0.5, 0.6) is 0 Å². The second-order valence-corrected chi connectivity index (χ2v) is 4.42. The average molecular weight is 273 g/mol. The molecule has 6 nitrogen and oxygen atoms in total. The minimum atomic E-state index is -0.576. The van der Waals surface area contributed by atoms with Gasteiger partial charge in [-0.15, -0.1) is 0 Å². The summed E-state index contributed by atoms with van der Waals surface area (Å²) in [5.74, 6) is -0.702. The van der Waals surface area contributed by atoms with Crippen molar-refractivity contribution in [1.29, 1.82) is 0 Å². The second-order valence-electron chi connectivity index (χ2n) is 4.42. The second kappa shape index (κ2) is 6.60. The molecule has 2 rings (SSSR count). The zero-order chi connectivity index (χ0) is 14.4. The minimum absolute atomic E-state index is 0.000109. The Hall–Kier alpha value is -2.50. The molecule has 20 heavy (non-hydrogen) atoms. The monoisotopic (exact) mass is 273 g/mol. The summed E-state index contributed by atoms with van der Waals surface area (Å²) in [6.45, 7) is 0.518. The van der Waals surface area contributed by atoms with Crippen LogP contribution in [0.25, 0.3) is 0 Å². The van der Waals surface area contributed by atoms with Gasteiger partial charge >= 0.3 is 6.02 Å².